The molecular formula is C22H37IN4O2S. The molecule has 1 aliphatic carbocycles. The summed E-state index contributed by atoms with van der Waals surface area (Å²) < 4.78 is 10.9. The second kappa shape index (κ2) is 13.6. The van der Waals surface area contributed by atoms with Gasteiger partial charge in [0.25, 0.3) is 0 Å². The average molecular weight is 549 g/mol. The molecule has 0 bridgehead atoms. The van der Waals surface area contributed by atoms with Crippen molar-refractivity contribution in [2.24, 2.45) is 4.99 Å². The van der Waals surface area contributed by atoms with Gasteiger partial charge < -0.3 is 20.1 Å². The number of halogens is 1. The van der Waals surface area contributed by atoms with Crippen LogP contribution in [0, 0.1) is 0 Å². The maximum absolute atomic E-state index is 5.57. The summed E-state index contributed by atoms with van der Waals surface area (Å²) in [5.41, 5.74) is 1.27. The summed E-state index contributed by atoms with van der Waals surface area (Å²) in [6.45, 7) is 7.16. The zero-order chi connectivity index (χ0) is 20.5. The SMILES string of the molecule is CCNC(=NCC(c1ccc(OC)cc1)N1CCOCC1)NC1CCC(SC)C1.I. The molecule has 1 aliphatic heterocycles. The van der Waals surface area contributed by atoms with Crippen LogP contribution in [-0.4, -0.2) is 74.9 Å². The van der Waals surface area contributed by atoms with Crippen LogP contribution in [0.25, 0.3) is 0 Å². The number of hydrogen-bond donors (Lipinski definition) is 2. The van der Waals surface area contributed by atoms with E-state index in [2.05, 4.69) is 40.8 Å². The highest BCUT2D eigenvalue weighted by Gasteiger charge is 2.26. The molecule has 2 fully saturated rings. The summed E-state index contributed by atoms with van der Waals surface area (Å²) in [4.78, 5) is 7.48. The van der Waals surface area contributed by atoms with Crippen molar-refractivity contribution in [3.63, 3.8) is 0 Å². The Hall–Kier alpha value is -0.710. The van der Waals surface area contributed by atoms with Crippen molar-refractivity contribution in [2.45, 2.75) is 43.5 Å². The molecule has 1 saturated heterocycles. The Balaban J connectivity index is 0.00000320. The van der Waals surface area contributed by atoms with Gasteiger partial charge in [-0.15, -0.1) is 24.0 Å². The van der Waals surface area contributed by atoms with E-state index in [4.69, 9.17) is 14.5 Å². The van der Waals surface area contributed by atoms with Gasteiger partial charge in [0.05, 0.1) is 32.9 Å². The predicted octanol–water partition coefficient (Wildman–Crippen LogP) is 3.53. The number of nitrogens with zero attached hydrogens (tertiary/aromatic N) is 2. The van der Waals surface area contributed by atoms with Crippen molar-refractivity contribution in [3.05, 3.63) is 29.8 Å². The van der Waals surface area contributed by atoms with Gasteiger partial charge in [0.2, 0.25) is 0 Å². The van der Waals surface area contributed by atoms with Gasteiger partial charge in [-0.2, -0.15) is 11.8 Å². The number of methoxy groups -OCH3 is 1. The third-order valence-electron chi connectivity index (χ3n) is 5.81. The van der Waals surface area contributed by atoms with E-state index in [0.29, 0.717) is 6.04 Å². The lowest BCUT2D eigenvalue weighted by atomic mass is 10.0. The summed E-state index contributed by atoms with van der Waals surface area (Å²) in [6.07, 6.45) is 5.95. The van der Waals surface area contributed by atoms with E-state index in [-0.39, 0.29) is 30.0 Å². The Labute approximate surface area is 203 Å². The molecule has 0 aromatic heterocycles. The van der Waals surface area contributed by atoms with Crippen molar-refractivity contribution < 1.29 is 9.47 Å². The number of thioether (sulfide) groups is 1. The Morgan fingerprint density at radius 2 is 2.00 bits per heavy atom. The lowest BCUT2D eigenvalue weighted by Crippen LogP contribution is -2.44. The molecule has 0 radical (unpaired) electrons. The fourth-order valence-corrected chi connectivity index (χ4v) is 4.92. The fraction of sp³-hybridized carbons (Fsp3) is 0.682. The van der Waals surface area contributed by atoms with Crippen LogP contribution in [-0.2, 0) is 4.74 Å². The molecule has 3 atom stereocenters. The molecule has 2 aliphatic rings. The molecule has 1 heterocycles. The van der Waals surface area contributed by atoms with E-state index in [1.807, 2.05) is 23.9 Å². The zero-order valence-corrected chi connectivity index (χ0v) is 21.6. The first-order chi connectivity index (χ1) is 14.2. The monoisotopic (exact) mass is 548 g/mol. The second-order valence-electron chi connectivity index (χ2n) is 7.67. The molecule has 3 rings (SSSR count). The maximum Gasteiger partial charge on any atom is 0.191 e. The first kappa shape index (κ1) is 25.5. The van der Waals surface area contributed by atoms with E-state index in [0.717, 1.165) is 56.4 Å². The molecule has 170 valence electrons. The van der Waals surface area contributed by atoms with Crippen LogP contribution in [0.3, 0.4) is 0 Å². The van der Waals surface area contributed by atoms with Gasteiger partial charge in [-0.3, -0.25) is 9.89 Å². The minimum absolute atomic E-state index is 0. The molecule has 0 spiro atoms. The van der Waals surface area contributed by atoms with Crippen LogP contribution in [0.2, 0.25) is 0 Å². The Morgan fingerprint density at radius 3 is 2.60 bits per heavy atom. The van der Waals surface area contributed by atoms with Gasteiger partial charge in [0.15, 0.2) is 5.96 Å². The van der Waals surface area contributed by atoms with Crippen LogP contribution >= 0.6 is 35.7 Å². The number of ether oxygens (including phenoxy) is 2. The summed E-state index contributed by atoms with van der Waals surface area (Å²) in [5, 5.41) is 7.88. The summed E-state index contributed by atoms with van der Waals surface area (Å²) in [6, 6.07) is 9.16. The van der Waals surface area contributed by atoms with Crippen LogP contribution in [0.5, 0.6) is 5.75 Å². The Morgan fingerprint density at radius 1 is 1.27 bits per heavy atom. The third-order valence-corrected chi connectivity index (χ3v) is 6.91. The van der Waals surface area contributed by atoms with Gasteiger partial charge >= 0.3 is 0 Å². The Kier molecular flexibility index (Phi) is 11.6. The largest absolute Gasteiger partial charge is 0.497 e. The van der Waals surface area contributed by atoms with E-state index >= 15 is 0 Å². The second-order valence-corrected chi connectivity index (χ2v) is 8.81. The number of aliphatic imine (C=N–C) groups is 1. The smallest absolute Gasteiger partial charge is 0.191 e. The van der Waals surface area contributed by atoms with Gasteiger partial charge in [-0.05, 0) is 50.1 Å². The maximum atomic E-state index is 5.57. The Bertz CT molecular complexity index is 641. The van der Waals surface area contributed by atoms with Crippen molar-refractivity contribution in [3.8, 4) is 5.75 Å². The van der Waals surface area contributed by atoms with Crippen LogP contribution < -0.4 is 15.4 Å². The van der Waals surface area contributed by atoms with Crippen LogP contribution in [0.15, 0.2) is 29.3 Å². The van der Waals surface area contributed by atoms with E-state index in [1.165, 1.54) is 24.8 Å². The third kappa shape index (κ3) is 7.46. The van der Waals surface area contributed by atoms with Gasteiger partial charge in [-0.25, -0.2) is 0 Å². The first-order valence-electron chi connectivity index (χ1n) is 10.8. The molecule has 3 unspecified atom stereocenters. The standard InChI is InChI=1S/C22H36N4O2S.HI/c1-4-23-22(25-18-7-10-20(15-18)29-3)24-16-21(26-11-13-28-14-12-26)17-5-8-19(27-2)9-6-17;/h5-6,8-9,18,20-21H,4,7,10-16H2,1-3H3,(H2,23,24,25);1H. The summed E-state index contributed by atoms with van der Waals surface area (Å²) in [5.74, 6) is 1.82. The van der Waals surface area contributed by atoms with Gasteiger partial charge in [-0.1, -0.05) is 12.1 Å². The molecule has 8 heteroatoms. The number of morpholine rings is 1. The molecule has 1 saturated carbocycles. The van der Waals surface area contributed by atoms with Crippen LogP contribution in [0.4, 0.5) is 0 Å². The predicted molar refractivity (Wildman–Crippen MR) is 138 cm³/mol. The summed E-state index contributed by atoms with van der Waals surface area (Å²) in [7, 11) is 1.71. The molecular weight excluding hydrogens is 511 g/mol. The quantitative estimate of drug-likeness (QED) is 0.295. The topological polar surface area (TPSA) is 58.1 Å². The van der Waals surface area contributed by atoms with E-state index in [1.54, 1.807) is 7.11 Å². The minimum Gasteiger partial charge on any atom is -0.497 e. The van der Waals surface area contributed by atoms with Crippen molar-refractivity contribution in [1.29, 1.82) is 0 Å². The zero-order valence-electron chi connectivity index (χ0n) is 18.4. The number of nitrogens with one attached hydrogen (secondary N) is 2. The molecule has 0 amide bonds. The number of hydrogen-bond acceptors (Lipinski definition) is 5. The fourth-order valence-electron chi connectivity index (χ4n) is 4.12. The molecule has 6 nitrogen and oxygen atoms in total. The highest BCUT2D eigenvalue weighted by molar-refractivity contribution is 14.0. The minimum atomic E-state index is 0. The van der Waals surface area contributed by atoms with Crippen molar-refractivity contribution >= 4 is 41.7 Å². The van der Waals surface area contributed by atoms with E-state index in [9.17, 15) is 0 Å². The highest BCUT2D eigenvalue weighted by atomic mass is 127. The number of guanidine groups is 1. The van der Waals surface area contributed by atoms with Gasteiger partial charge in [0.1, 0.15) is 5.75 Å². The number of benzene rings is 1. The van der Waals surface area contributed by atoms with E-state index < -0.39 is 0 Å². The van der Waals surface area contributed by atoms with Crippen LogP contribution in [0.1, 0.15) is 37.8 Å². The molecule has 1 aromatic rings. The molecule has 30 heavy (non-hydrogen) atoms. The van der Waals surface area contributed by atoms with Crippen molar-refractivity contribution in [1.82, 2.24) is 15.5 Å². The molecule has 1 aromatic carbocycles. The lowest BCUT2D eigenvalue weighted by Gasteiger charge is -2.34. The number of rotatable bonds is 8. The first-order valence-corrected chi connectivity index (χ1v) is 12.1. The van der Waals surface area contributed by atoms with Gasteiger partial charge in [0, 0.05) is 30.9 Å². The highest BCUT2D eigenvalue weighted by Crippen LogP contribution is 2.28. The normalized spacial score (nSPS) is 23.5. The molecule has 2 N–H and O–H groups in total. The lowest BCUT2D eigenvalue weighted by molar-refractivity contribution is 0.0179. The van der Waals surface area contributed by atoms with Crippen molar-refractivity contribution in [2.75, 3.05) is 52.8 Å². The average Bonchev–Trinajstić information content (AvgIpc) is 3.23. The summed E-state index contributed by atoms with van der Waals surface area (Å²) >= 11 is 1.98.